The molecule has 0 spiro atoms. The van der Waals surface area contributed by atoms with Crippen molar-refractivity contribution in [3.05, 3.63) is 23.8 Å². The molecule has 2 N–H and O–H groups in total. The number of carbonyl (C=O) groups is 1. The molecule has 26 heavy (non-hydrogen) atoms. The highest BCUT2D eigenvalue weighted by Gasteiger charge is 2.08. The Labute approximate surface area is 172 Å². The minimum absolute atomic E-state index is 0. The first kappa shape index (κ1) is 24.2. The molecule has 0 heterocycles. The molecule has 0 atom stereocenters. The number of hydrogen-bond donors (Lipinski definition) is 2. The molecule has 0 unspecified atom stereocenters. The molecule has 0 aliphatic carbocycles. The number of rotatable bonds is 9. The van der Waals surface area contributed by atoms with E-state index in [0.29, 0.717) is 31.4 Å². The van der Waals surface area contributed by atoms with E-state index in [9.17, 15) is 4.79 Å². The van der Waals surface area contributed by atoms with Gasteiger partial charge in [-0.1, -0.05) is 0 Å². The second kappa shape index (κ2) is 13.5. The molecule has 9 heteroatoms. The molecular weight excluding hydrogens is 451 g/mol. The van der Waals surface area contributed by atoms with E-state index in [1.807, 2.05) is 18.2 Å². The van der Waals surface area contributed by atoms with Crippen molar-refractivity contribution < 1.29 is 19.0 Å². The van der Waals surface area contributed by atoms with Crippen LogP contribution in [0.4, 0.5) is 0 Å². The lowest BCUT2D eigenvalue weighted by molar-refractivity contribution is -0.127. The number of likely N-dealkylation sites (N-methyl/N-ethyl adjacent to an activating group) is 1. The summed E-state index contributed by atoms with van der Waals surface area (Å²) in [6.45, 7) is 1.67. The summed E-state index contributed by atoms with van der Waals surface area (Å²) in [5.41, 5.74) is 0.912. The van der Waals surface area contributed by atoms with Crippen molar-refractivity contribution in [2.45, 2.75) is 6.54 Å². The van der Waals surface area contributed by atoms with Crippen LogP contribution >= 0.6 is 24.0 Å². The molecule has 0 fully saturated rings. The summed E-state index contributed by atoms with van der Waals surface area (Å²) < 4.78 is 15.6. The first-order valence-corrected chi connectivity index (χ1v) is 7.94. The number of carbonyl (C=O) groups excluding carboxylic acids is 1. The molecule has 0 radical (unpaired) electrons. The highest BCUT2D eigenvalue weighted by Crippen LogP contribution is 2.25. The van der Waals surface area contributed by atoms with Crippen molar-refractivity contribution in [2.24, 2.45) is 4.99 Å². The molecule has 0 bridgehead atoms. The second-order valence-corrected chi connectivity index (χ2v) is 5.40. The van der Waals surface area contributed by atoms with Gasteiger partial charge in [0, 0.05) is 39.4 Å². The molecule has 0 saturated carbocycles. The van der Waals surface area contributed by atoms with Gasteiger partial charge in [-0.2, -0.15) is 0 Å². The van der Waals surface area contributed by atoms with E-state index in [-0.39, 0.29) is 36.4 Å². The van der Waals surface area contributed by atoms with Crippen LogP contribution < -0.4 is 20.1 Å². The van der Waals surface area contributed by atoms with Crippen molar-refractivity contribution in [3.8, 4) is 11.5 Å². The molecule has 0 aliphatic rings. The second-order valence-electron chi connectivity index (χ2n) is 5.40. The first-order valence-electron chi connectivity index (χ1n) is 7.94. The molecule has 0 saturated heterocycles. The van der Waals surface area contributed by atoms with Gasteiger partial charge < -0.3 is 29.7 Å². The quantitative estimate of drug-likeness (QED) is 0.238. The SMILES string of the molecule is COCCNC(=NCc1ccc(OC)cc1OC)NCC(=O)N(C)C.I. The monoisotopic (exact) mass is 480 g/mol. The Morgan fingerprint density at radius 3 is 2.46 bits per heavy atom. The van der Waals surface area contributed by atoms with E-state index < -0.39 is 0 Å². The predicted octanol–water partition coefficient (Wildman–Crippen LogP) is 1.09. The zero-order valence-electron chi connectivity index (χ0n) is 16.0. The van der Waals surface area contributed by atoms with Gasteiger partial charge in [-0.05, 0) is 12.1 Å². The van der Waals surface area contributed by atoms with Crippen LogP contribution in [-0.2, 0) is 16.1 Å². The number of amides is 1. The fraction of sp³-hybridized carbons (Fsp3) is 0.529. The Balaban J connectivity index is 0.00000625. The molecule has 1 aromatic carbocycles. The maximum Gasteiger partial charge on any atom is 0.241 e. The molecular formula is C17H29IN4O4. The molecule has 1 amide bonds. The minimum atomic E-state index is -0.0386. The van der Waals surface area contributed by atoms with Crippen LogP contribution in [-0.4, -0.2) is 71.9 Å². The number of benzene rings is 1. The smallest absolute Gasteiger partial charge is 0.241 e. The molecule has 0 aromatic heterocycles. The normalized spacial score (nSPS) is 10.6. The van der Waals surface area contributed by atoms with Gasteiger partial charge in [-0.3, -0.25) is 4.79 Å². The van der Waals surface area contributed by atoms with E-state index >= 15 is 0 Å². The number of halogens is 1. The Morgan fingerprint density at radius 2 is 1.88 bits per heavy atom. The van der Waals surface area contributed by atoms with Crippen molar-refractivity contribution in [2.75, 3.05) is 55.1 Å². The van der Waals surface area contributed by atoms with Gasteiger partial charge in [0.1, 0.15) is 11.5 Å². The van der Waals surface area contributed by atoms with Crippen molar-refractivity contribution in [1.82, 2.24) is 15.5 Å². The van der Waals surface area contributed by atoms with Gasteiger partial charge in [-0.25, -0.2) is 4.99 Å². The van der Waals surface area contributed by atoms with Gasteiger partial charge in [0.15, 0.2) is 5.96 Å². The fourth-order valence-corrected chi connectivity index (χ4v) is 1.91. The van der Waals surface area contributed by atoms with E-state index in [2.05, 4.69) is 15.6 Å². The molecule has 1 rings (SSSR count). The summed E-state index contributed by atoms with van der Waals surface area (Å²) in [6, 6.07) is 5.57. The lowest BCUT2D eigenvalue weighted by atomic mass is 10.2. The van der Waals surface area contributed by atoms with Gasteiger partial charge >= 0.3 is 0 Å². The topological polar surface area (TPSA) is 84.4 Å². The van der Waals surface area contributed by atoms with Gasteiger partial charge in [0.25, 0.3) is 0 Å². The van der Waals surface area contributed by atoms with Crippen LogP contribution in [0, 0.1) is 0 Å². The Hall–Kier alpha value is -1.75. The van der Waals surface area contributed by atoms with Gasteiger partial charge in [-0.15, -0.1) is 24.0 Å². The number of ether oxygens (including phenoxy) is 3. The van der Waals surface area contributed by atoms with Crippen LogP contribution in [0.15, 0.2) is 23.2 Å². The number of methoxy groups -OCH3 is 3. The van der Waals surface area contributed by atoms with Crippen LogP contribution in [0.1, 0.15) is 5.56 Å². The number of guanidine groups is 1. The van der Waals surface area contributed by atoms with Crippen LogP contribution in [0.2, 0.25) is 0 Å². The third kappa shape index (κ3) is 8.56. The zero-order chi connectivity index (χ0) is 18.7. The minimum Gasteiger partial charge on any atom is -0.497 e. The lowest BCUT2D eigenvalue weighted by Gasteiger charge is -2.15. The molecule has 148 valence electrons. The zero-order valence-corrected chi connectivity index (χ0v) is 18.3. The summed E-state index contributed by atoms with van der Waals surface area (Å²) >= 11 is 0. The highest BCUT2D eigenvalue weighted by atomic mass is 127. The summed E-state index contributed by atoms with van der Waals surface area (Å²) in [7, 11) is 8.26. The maximum absolute atomic E-state index is 11.7. The van der Waals surface area contributed by atoms with Crippen molar-refractivity contribution >= 4 is 35.8 Å². The predicted molar refractivity (Wildman–Crippen MR) is 113 cm³/mol. The summed E-state index contributed by atoms with van der Waals surface area (Å²) in [6.07, 6.45) is 0. The molecule has 8 nitrogen and oxygen atoms in total. The van der Waals surface area contributed by atoms with Gasteiger partial charge in [0.2, 0.25) is 5.91 Å². The van der Waals surface area contributed by atoms with Crippen LogP contribution in [0.3, 0.4) is 0 Å². The van der Waals surface area contributed by atoms with E-state index in [1.165, 1.54) is 4.90 Å². The van der Waals surface area contributed by atoms with Crippen molar-refractivity contribution in [1.29, 1.82) is 0 Å². The van der Waals surface area contributed by atoms with Crippen LogP contribution in [0.5, 0.6) is 11.5 Å². The highest BCUT2D eigenvalue weighted by molar-refractivity contribution is 14.0. The molecule has 0 aliphatic heterocycles. The van der Waals surface area contributed by atoms with Crippen molar-refractivity contribution in [3.63, 3.8) is 0 Å². The summed E-state index contributed by atoms with van der Waals surface area (Å²) in [5, 5.41) is 6.14. The van der Waals surface area contributed by atoms with Gasteiger partial charge in [0.05, 0.1) is 33.9 Å². The Morgan fingerprint density at radius 1 is 1.15 bits per heavy atom. The van der Waals surface area contributed by atoms with E-state index in [4.69, 9.17) is 14.2 Å². The van der Waals surface area contributed by atoms with E-state index in [1.54, 1.807) is 35.4 Å². The van der Waals surface area contributed by atoms with E-state index in [0.717, 1.165) is 11.3 Å². The Kier molecular flexibility index (Phi) is 12.5. The Bertz CT molecular complexity index is 582. The third-order valence-corrected chi connectivity index (χ3v) is 3.41. The summed E-state index contributed by atoms with van der Waals surface area (Å²) in [5.74, 6) is 1.91. The van der Waals surface area contributed by atoms with Crippen LogP contribution in [0.25, 0.3) is 0 Å². The summed E-state index contributed by atoms with van der Waals surface area (Å²) in [4.78, 5) is 17.8. The third-order valence-electron chi connectivity index (χ3n) is 3.41. The standard InChI is InChI=1S/C17H28N4O4.HI/c1-21(2)16(22)12-20-17(18-8-9-23-3)19-11-13-6-7-14(24-4)10-15(13)25-5;/h6-7,10H,8-9,11-12H2,1-5H3,(H2,18,19,20);1H. The number of nitrogens with zero attached hydrogens (tertiary/aromatic N) is 2. The largest absolute Gasteiger partial charge is 0.497 e. The number of nitrogens with one attached hydrogen (secondary N) is 2. The first-order chi connectivity index (χ1) is 12.0. The molecule has 1 aromatic rings. The lowest BCUT2D eigenvalue weighted by Crippen LogP contribution is -2.43. The number of hydrogen-bond acceptors (Lipinski definition) is 5. The average molecular weight is 480 g/mol. The maximum atomic E-state index is 11.7. The average Bonchev–Trinajstić information content (AvgIpc) is 2.62. The number of aliphatic imine (C=N–C) groups is 1. The fourth-order valence-electron chi connectivity index (χ4n) is 1.91.